The number of hydrogen-bond acceptors (Lipinski definition) is 3. The van der Waals surface area contributed by atoms with Gasteiger partial charge in [0.25, 0.3) is 0 Å². The zero-order chi connectivity index (χ0) is 19.0. The molecule has 2 rings (SSSR count). The number of aryl methyl sites for hydroxylation is 1. The van der Waals surface area contributed by atoms with Gasteiger partial charge in [0.05, 0.1) is 6.54 Å². The summed E-state index contributed by atoms with van der Waals surface area (Å²) in [6.07, 6.45) is 4.23. The first-order chi connectivity index (χ1) is 12.4. The first kappa shape index (κ1) is 24.6. The Morgan fingerprint density at radius 1 is 1.22 bits per heavy atom. The summed E-state index contributed by atoms with van der Waals surface area (Å²) in [6, 6.07) is 8.77. The highest BCUT2D eigenvalue weighted by atomic mass is 127. The van der Waals surface area contributed by atoms with Crippen LogP contribution in [0, 0.1) is 6.92 Å². The van der Waals surface area contributed by atoms with E-state index in [1.165, 1.54) is 11.1 Å². The Balaban J connectivity index is 0.00000364. The summed E-state index contributed by atoms with van der Waals surface area (Å²) < 4.78 is 5.82. The number of nitrogens with zero attached hydrogens (tertiary/aromatic N) is 1. The molecule has 1 heterocycles. The van der Waals surface area contributed by atoms with Crippen molar-refractivity contribution in [2.45, 2.75) is 50.7 Å². The lowest BCUT2D eigenvalue weighted by Crippen LogP contribution is -2.48. The molecular weight excluding hydrogens is 469 g/mol. The van der Waals surface area contributed by atoms with Crippen molar-refractivity contribution in [1.82, 2.24) is 10.6 Å². The molecule has 1 aliphatic heterocycles. The van der Waals surface area contributed by atoms with E-state index in [1.807, 2.05) is 11.8 Å². The summed E-state index contributed by atoms with van der Waals surface area (Å²) in [5.41, 5.74) is 2.91. The van der Waals surface area contributed by atoms with E-state index >= 15 is 0 Å². The Morgan fingerprint density at radius 2 is 1.89 bits per heavy atom. The predicted molar refractivity (Wildman–Crippen MR) is 130 cm³/mol. The van der Waals surface area contributed by atoms with E-state index in [1.54, 1.807) is 0 Å². The number of rotatable bonds is 7. The molecule has 27 heavy (non-hydrogen) atoms. The molecule has 0 aromatic heterocycles. The van der Waals surface area contributed by atoms with Gasteiger partial charge < -0.3 is 15.4 Å². The molecule has 1 aliphatic rings. The second kappa shape index (κ2) is 11.5. The van der Waals surface area contributed by atoms with Crippen LogP contribution >= 0.6 is 35.7 Å². The number of guanidine groups is 1. The molecule has 0 bridgehead atoms. The van der Waals surface area contributed by atoms with Gasteiger partial charge in [0.1, 0.15) is 0 Å². The van der Waals surface area contributed by atoms with Gasteiger partial charge in [-0.15, -0.1) is 24.0 Å². The molecule has 1 aromatic rings. The Labute approximate surface area is 186 Å². The zero-order valence-electron chi connectivity index (χ0n) is 17.4. The lowest BCUT2D eigenvalue weighted by atomic mass is 9.72. The highest BCUT2D eigenvalue weighted by molar-refractivity contribution is 14.0. The standard InChI is InChI=1S/C21H35N3OS.HI/c1-6-22-19(23-15-20(3,4)26-5)24-16-21(11-13-25-14-12-21)18-10-8-7-9-17(18)2;/h7-10H,6,11-16H2,1-5H3,(H2,22,23,24);1H. The maximum absolute atomic E-state index is 5.67. The van der Waals surface area contributed by atoms with Gasteiger partial charge in [0, 0.05) is 36.5 Å². The largest absolute Gasteiger partial charge is 0.381 e. The summed E-state index contributed by atoms with van der Waals surface area (Å²) in [5.74, 6) is 0.911. The molecule has 0 saturated carbocycles. The van der Waals surface area contributed by atoms with Crippen LogP contribution < -0.4 is 10.6 Å². The Morgan fingerprint density at radius 3 is 2.48 bits per heavy atom. The third kappa shape index (κ3) is 7.13. The number of hydrogen-bond donors (Lipinski definition) is 2. The minimum Gasteiger partial charge on any atom is -0.381 e. The van der Waals surface area contributed by atoms with Gasteiger partial charge in [-0.3, -0.25) is 4.99 Å². The lowest BCUT2D eigenvalue weighted by Gasteiger charge is -2.39. The van der Waals surface area contributed by atoms with Crippen LogP contribution in [0.4, 0.5) is 0 Å². The zero-order valence-corrected chi connectivity index (χ0v) is 20.6. The molecule has 0 atom stereocenters. The fraction of sp³-hybridized carbons (Fsp3) is 0.667. The van der Waals surface area contributed by atoms with Crippen molar-refractivity contribution in [1.29, 1.82) is 0 Å². The van der Waals surface area contributed by atoms with Crippen molar-refractivity contribution in [3.63, 3.8) is 0 Å². The van der Waals surface area contributed by atoms with Gasteiger partial charge in [-0.2, -0.15) is 11.8 Å². The number of aliphatic imine (C=N–C) groups is 1. The first-order valence-corrected chi connectivity index (χ1v) is 10.9. The molecule has 1 saturated heterocycles. The number of thioether (sulfide) groups is 1. The van der Waals surface area contributed by atoms with Gasteiger partial charge in [-0.1, -0.05) is 24.3 Å². The third-order valence-electron chi connectivity index (χ3n) is 5.28. The maximum atomic E-state index is 5.67. The molecule has 0 aliphatic carbocycles. The molecule has 4 nitrogen and oxygen atoms in total. The fourth-order valence-electron chi connectivity index (χ4n) is 3.40. The minimum atomic E-state index is 0. The molecule has 2 N–H and O–H groups in total. The van der Waals surface area contributed by atoms with Crippen LogP contribution in [-0.2, 0) is 10.2 Å². The summed E-state index contributed by atoms with van der Waals surface area (Å²) in [7, 11) is 0. The smallest absolute Gasteiger partial charge is 0.191 e. The Bertz CT molecular complexity index is 601. The summed E-state index contributed by atoms with van der Waals surface area (Å²) in [5, 5.41) is 7.03. The molecule has 0 unspecified atom stereocenters. The van der Waals surface area contributed by atoms with E-state index in [2.05, 4.69) is 68.8 Å². The highest BCUT2D eigenvalue weighted by Crippen LogP contribution is 2.36. The Kier molecular flexibility index (Phi) is 10.5. The number of halogens is 1. The van der Waals surface area contributed by atoms with Crippen LogP contribution in [0.25, 0.3) is 0 Å². The predicted octanol–water partition coefficient (Wildman–Crippen LogP) is 4.36. The van der Waals surface area contributed by atoms with Gasteiger partial charge in [0.15, 0.2) is 5.96 Å². The monoisotopic (exact) mass is 505 g/mol. The van der Waals surface area contributed by atoms with Gasteiger partial charge >= 0.3 is 0 Å². The summed E-state index contributed by atoms with van der Waals surface area (Å²) in [6.45, 7) is 13.0. The van der Waals surface area contributed by atoms with Crippen molar-refractivity contribution >= 4 is 41.7 Å². The number of nitrogens with one attached hydrogen (secondary N) is 2. The van der Waals surface area contributed by atoms with Crippen LogP contribution in [-0.4, -0.2) is 49.8 Å². The topological polar surface area (TPSA) is 45.7 Å². The Hall–Kier alpha value is -0.470. The SMILES string of the molecule is CCNC(=NCC(C)(C)SC)NCC1(c2ccccc2C)CCOCC1.I. The van der Waals surface area contributed by atoms with E-state index in [0.717, 1.165) is 51.6 Å². The summed E-state index contributed by atoms with van der Waals surface area (Å²) >= 11 is 1.85. The molecule has 0 spiro atoms. The fourth-order valence-corrected chi connectivity index (χ4v) is 3.59. The average molecular weight is 506 g/mol. The van der Waals surface area contributed by atoms with Crippen molar-refractivity contribution < 1.29 is 4.74 Å². The average Bonchev–Trinajstić information content (AvgIpc) is 2.65. The molecule has 0 radical (unpaired) electrons. The van der Waals surface area contributed by atoms with Crippen molar-refractivity contribution in [3.8, 4) is 0 Å². The quantitative estimate of drug-likeness (QED) is 0.329. The molecule has 0 amide bonds. The van der Waals surface area contributed by atoms with E-state index < -0.39 is 0 Å². The van der Waals surface area contributed by atoms with Crippen LogP contribution in [0.15, 0.2) is 29.3 Å². The van der Waals surface area contributed by atoms with Crippen LogP contribution in [0.1, 0.15) is 44.7 Å². The van der Waals surface area contributed by atoms with E-state index in [9.17, 15) is 0 Å². The van der Waals surface area contributed by atoms with E-state index in [0.29, 0.717) is 0 Å². The number of benzene rings is 1. The van der Waals surface area contributed by atoms with E-state index in [-0.39, 0.29) is 34.1 Å². The van der Waals surface area contributed by atoms with Crippen LogP contribution in [0.5, 0.6) is 0 Å². The molecular formula is C21H36IN3OS. The van der Waals surface area contributed by atoms with Crippen molar-refractivity contribution in [3.05, 3.63) is 35.4 Å². The third-order valence-corrected chi connectivity index (χ3v) is 6.51. The molecule has 154 valence electrons. The van der Waals surface area contributed by atoms with Gasteiger partial charge in [0.2, 0.25) is 0 Å². The molecule has 6 heteroatoms. The number of ether oxygens (including phenoxy) is 1. The highest BCUT2D eigenvalue weighted by Gasteiger charge is 2.35. The second-order valence-electron chi connectivity index (χ2n) is 7.72. The lowest BCUT2D eigenvalue weighted by molar-refractivity contribution is 0.0512. The van der Waals surface area contributed by atoms with Crippen molar-refractivity contribution in [2.75, 3.05) is 39.1 Å². The first-order valence-electron chi connectivity index (χ1n) is 9.64. The minimum absolute atomic E-state index is 0. The van der Waals surface area contributed by atoms with E-state index in [4.69, 9.17) is 9.73 Å². The van der Waals surface area contributed by atoms with Crippen molar-refractivity contribution in [2.24, 2.45) is 4.99 Å². The second-order valence-corrected chi connectivity index (χ2v) is 9.23. The van der Waals surface area contributed by atoms with Crippen LogP contribution in [0.2, 0.25) is 0 Å². The van der Waals surface area contributed by atoms with Crippen LogP contribution in [0.3, 0.4) is 0 Å². The maximum Gasteiger partial charge on any atom is 0.191 e. The van der Waals surface area contributed by atoms with Gasteiger partial charge in [-0.25, -0.2) is 0 Å². The molecule has 1 fully saturated rings. The molecule has 1 aromatic carbocycles. The van der Waals surface area contributed by atoms with Gasteiger partial charge in [-0.05, 0) is 57.9 Å². The normalized spacial score (nSPS) is 17.1. The summed E-state index contributed by atoms with van der Waals surface area (Å²) in [4.78, 5) is 4.83.